The lowest BCUT2D eigenvalue weighted by atomic mass is 10.1. The minimum atomic E-state index is -0.233. The number of rotatable bonds is 3. The molecule has 5 nitrogen and oxygen atoms in total. The molecule has 0 bridgehead atoms. The van der Waals surface area contributed by atoms with E-state index in [9.17, 15) is 9.59 Å². The average Bonchev–Trinajstić information content (AvgIpc) is 3.16. The standard InChI is InChI=1S/C17H22BrN3O2.ClH/c1-11-6-14(2-3-15(11)18)21-10-13(7-16(21)22)17(23)20-5-4-12(8-19)9-20;/h2-3,6,12-13H,4-5,7-10,19H2,1H3;1H. The Kier molecular flexibility index (Phi) is 6.28. The van der Waals surface area contributed by atoms with Crippen LogP contribution in [0.1, 0.15) is 18.4 Å². The molecule has 0 saturated carbocycles. The van der Waals surface area contributed by atoms with Gasteiger partial charge in [-0.25, -0.2) is 0 Å². The highest BCUT2D eigenvalue weighted by atomic mass is 79.9. The number of amides is 2. The summed E-state index contributed by atoms with van der Waals surface area (Å²) in [5, 5.41) is 0. The lowest BCUT2D eigenvalue weighted by molar-refractivity contribution is -0.134. The number of hydrogen-bond acceptors (Lipinski definition) is 3. The molecule has 2 amide bonds. The van der Waals surface area contributed by atoms with Crippen LogP contribution in [0, 0.1) is 18.8 Å². The van der Waals surface area contributed by atoms with Crippen LogP contribution in [-0.2, 0) is 9.59 Å². The Bertz CT molecular complexity index is 640. The summed E-state index contributed by atoms with van der Waals surface area (Å²) in [5.74, 6) is 0.300. The van der Waals surface area contributed by atoms with Gasteiger partial charge in [0.15, 0.2) is 0 Å². The number of hydrogen-bond donors (Lipinski definition) is 1. The van der Waals surface area contributed by atoms with Crippen molar-refractivity contribution in [1.82, 2.24) is 4.90 Å². The molecule has 2 heterocycles. The molecule has 3 rings (SSSR count). The first-order valence-electron chi connectivity index (χ1n) is 8.05. The van der Waals surface area contributed by atoms with E-state index in [0.717, 1.165) is 35.2 Å². The Morgan fingerprint density at radius 2 is 2.12 bits per heavy atom. The zero-order valence-corrected chi connectivity index (χ0v) is 16.1. The van der Waals surface area contributed by atoms with Crippen LogP contribution in [0.2, 0.25) is 0 Å². The molecule has 24 heavy (non-hydrogen) atoms. The molecule has 2 saturated heterocycles. The first-order chi connectivity index (χ1) is 11.0. The van der Waals surface area contributed by atoms with Gasteiger partial charge in [0.2, 0.25) is 11.8 Å². The fraction of sp³-hybridized carbons (Fsp3) is 0.529. The topological polar surface area (TPSA) is 66.6 Å². The van der Waals surface area contributed by atoms with Crippen LogP contribution < -0.4 is 10.6 Å². The second-order valence-electron chi connectivity index (χ2n) is 6.51. The van der Waals surface area contributed by atoms with Crippen molar-refractivity contribution >= 4 is 45.8 Å². The van der Waals surface area contributed by atoms with Gasteiger partial charge < -0.3 is 15.5 Å². The summed E-state index contributed by atoms with van der Waals surface area (Å²) in [4.78, 5) is 28.6. The van der Waals surface area contributed by atoms with Crippen LogP contribution in [0.5, 0.6) is 0 Å². The number of carbonyl (C=O) groups is 2. The third-order valence-corrected chi connectivity index (χ3v) is 5.75. The molecule has 0 radical (unpaired) electrons. The van der Waals surface area contributed by atoms with E-state index >= 15 is 0 Å². The van der Waals surface area contributed by atoms with Crippen LogP contribution in [0.4, 0.5) is 5.69 Å². The fourth-order valence-corrected chi connectivity index (χ4v) is 3.65. The van der Waals surface area contributed by atoms with Gasteiger partial charge in [-0.2, -0.15) is 0 Å². The highest BCUT2D eigenvalue weighted by Crippen LogP contribution is 2.30. The Morgan fingerprint density at radius 1 is 1.38 bits per heavy atom. The Labute approximate surface area is 157 Å². The molecule has 7 heteroatoms. The lowest BCUT2D eigenvalue weighted by Gasteiger charge is -2.21. The van der Waals surface area contributed by atoms with Gasteiger partial charge in [-0.1, -0.05) is 15.9 Å². The largest absolute Gasteiger partial charge is 0.342 e. The predicted molar refractivity (Wildman–Crippen MR) is 100 cm³/mol. The van der Waals surface area contributed by atoms with E-state index in [1.807, 2.05) is 30.0 Å². The summed E-state index contributed by atoms with van der Waals surface area (Å²) in [5.41, 5.74) is 7.64. The van der Waals surface area contributed by atoms with E-state index in [1.165, 1.54) is 0 Å². The number of halogens is 2. The summed E-state index contributed by atoms with van der Waals surface area (Å²) in [6, 6.07) is 5.84. The molecule has 0 aromatic heterocycles. The summed E-state index contributed by atoms with van der Waals surface area (Å²) in [7, 11) is 0. The molecule has 2 unspecified atom stereocenters. The molecule has 2 N–H and O–H groups in total. The summed E-state index contributed by atoms with van der Waals surface area (Å²) >= 11 is 3.47. The molecular formula is C17H23BrClN3O2. The quantitative estimate of drug-likeness (QED) is 0.822. The van der Waals surface area contributed by atoms with Crippen LogP contribution in [0.15, 0.2) is 22.7 Å². The second kappa shape index (κ2) is 7.85. The van der Waals surface area contributed by atoms with Gasteiger partial charge in [0.05, 0.1) is 5.92 Å². The Balaban J connectivity index is 0.00000208. The summed E-state index contributed by atoms with van der Waals surface area (Å²) in [6.07, 6.45) is 1.27. The smallest absolute Gasteiger partial charge is 0.228 e. The highest BCUT2D eigenvalue weighted by Gasteiger charge is 2.38. The molecular weight excluding hydrogens is 394 g/mol. The van der Waals surface area contributed by atoms with Crippen LogP contribution in [-0.4, -0.2) is 42.9 Å². The number of anilines is 1. The molecule has 2 fully saturated rings. The van der Waals surface area contributed by atoms with E-state index in [1.54, 1.807) is 4.90 Å². The van der Waals surface area contributed by atoms with E-state index < -0.39 is 0 Å². The fourth-order valence-electron chi connectivity index (χ4n) is 3.40. The molecule has 1 aromatic carbocycles. The van der Waals surface area contributed by atoms with E-state index in [0.29, 0.717) is 25.4 Å². The lowest BCUT2D eigenvalue weighted by Crippen LogP contribution is -2.36. The maximum atomic E-state index is 12.7. The highest BCUT2D eigenvalue weighted by molar-refractivity contribution is 9.10. The molecule has 0 spiro atoms. The minimum absolute atomic E-state index is 0. The van der Waals surface area contributed by atoms with Crippen LogP contribution >= 0.6 is 28.3 Å². The first-order valence-corrected chi connectivity index (χ1v) is 8.84. The maximum absolute atomic E-state index is 12.7. The van der Waals surface area contributed by atoms with Crippen molar-refractivity contribution in [1.29, 1.82) is 0 Å². The van der Waals surface area contributed by atoms with Crippen molar-refractivity contribution in [3.63, 3.8) is 0 Å². The normalized spacial score (nSPS) is 23.5. The van der Waals surface area contributed by atoms with Gasteiger partial charge in [-0.05, 0) is 49.6 Å². The van der Waals surface area contributed by atoms with Gasteiger partial charge >= 0.3 is 0 Å². The van der Waals surface area contributed by atoms with E-state index in [4.69, 9.17) is 5.73 Å². The second-order valence-corrected chi connectivity index (χ2v) is 7.37. The number of aryl methyl sites for hydroxylation is 1. The number of carbonyl (C=O) groups excluding carboxylic acids is 2. The SMILES string of the molecule is Cc1cc(N2CC(C(=O)N3CCC(CN)C3)CC2=O)ccc1Br.Cl. The summed E-state index contributed by atoms with van der Waals surface area (Å²) < 4.78 is 1.02. The number of benzene rings is 1. The Hall–Kier alpha value is -1.11. The van der Waals surface area contributed by atoms with Gasteiger partial charge in [0.1, 0.15) is 0 Å². The van der Waals surface area contributed by atoms with Crippen molar-refractivity contribution < 1.29 is 9.59 Å². The van der Waals surface area contributed by atoms with Gasteiger partial charge in [-0.15, -0.1) is 12.4 Å². The van der Waals surface area contributed by atoms with Gasteiger partial charge in [0, 0.05) is 36.2 Å². The Morgan fingerprint density at radius 3 is 2.75 bits per heavy atom. The monoisotopic (exact) mass is 415 g/mol. The van der Waals surface area contributed by atoms with E-state index in [2.05, 4.69) is 15.9 Å². The summed E-state index contributed by atoms with van der Waals surface area (Å²) in [6.45, 7) is 4.59. The van der Waals surface area contributed by atoms with Crippen LogP contribution in [0.25, 0.3) is 0 Å². The third-order valence-electron chi connectivity index (χ3n) is 4.86. The number of nitrogens with two attached hydrogens (primary N) is 1. The zero-order chi connectivity index (χ0) is 16.6. The number of nitrogens with zero attached hydrogens (tertiary/aromatic N) is 2. The van der Waals surface area contributed by atoms with Crippen molar-refractivity contribution in [2.75, 3.05) is 31.1 Å². The van der Waals surface area contributed by atoms with Gasteiger partial charge in [0.25, 0.3) is 0 Å². The molecule has 2 aliphatic rings. The average molecular weight is 417 g/mol. The predicted octanol–water partition coefficient (Wildman–Crippen LogP) is 2.34. The molecule has 132 valence electrons. The molecule has 0 aliphatic carbocycles. The van der Waals surface area contributed by atoms with Gasteiger partial charge in [-0.3, -0.25) is 9.59 Å². The third kappa shape index (κ3) is 3.76. The first kappa shape index (κ1) is 19.2. The van der Waals surface area contributed by atoms with Crippen molar-refractivity contribution in [2.24, 2.45) is 17.6 Å². The molecule has 1 aromatic rings. The van der Waals surface area contributed by atoms with Crippen LogP contribution in [0.3, 0.4) is 0 Å². The number of likely N-dealkylation sites (tertiary alicyclic amines) is 1. The van der Waals surface area contributed by atoms with Crippen molar-refractivity contribution in [3.05, 3.63) is 28.2 Å². The zero-order valence-electron chi connectivity index (χ0n) is 13.7. The molecule has 2 aliphatic heterocycles. The maximum Gasteiger partial charge on any atom is 0.228 e. The van der Waals surface area contributed by atoms with E-state index in [-0.39, 0.29) is 30.1 Å². The van der Waals surface area contributed by atoms with Crippen molar-refractivity contribution in [2.45, 2.75) is 19.8 Å². The molecule has 2 atom stereocenters. The minimum Gasteiger partial charge on any atom is -0.342 e. The van der Waals surface area contributed by atoms with Crippen molar-refractivity contribution in [3.8, 4) is 0 Å².